The Labute approximate surface area is 191 Å². The first-order chi connectivity index (χ1) is 15.2. The van der Waals surface area contributed by atoms with Gasteiger partial charge in [-0.15, -0.1) is 0 Å². The zero-order valence-corrected chi connectivity index (χ0v) is 19.1. The highest BCUT2D eigenvalue weighted by atomic mass is 35.5. The van der Waals surface area contributed by atoms with Gasteiger partial charge in [0.1, 0.15) is 23.1 Å². The van der Waals surface area contributed by atoms with Crippen LogP contribution in [-0.2, 0) is 10.0 Å². The van der Waals surface area contributed by atoms with Crippen LogP contribution in [-0.4, -0.2) is 27.5 Å². The van der Waals surface area contributed by atoms with Crippen LogP contribution in [0.2, 0.25) is 5.02 Å². The van der Waals surface area contributed by atoms with Gasteiger partial charge in [-0.2, -0.15) is 0 Å². The van der Waals surface area contributed by atoms with E-state index in [1.807, 2.05) is 19.1 Å². The summed E-state index contributed by atoms with van der Waals surface area (Å²) < 4.78 is 46.7. The van der Waals surface area contributed by atoms with Crippen molar-refractivity contribution in [2.45, 2.75) is 18.7 Å². The number of ether oxygens (including phenoxy) is 1. The largest absolute Gasteiger partial charge is 0.492 e. The molecule has 0 aliphatic heterocycles. The van der Waals surface area contributed by atoms with Gasteiger partial charge < -0.3 is 10.1 Å². The van der Waals surface area contributed by atoms with Gasteiger partial charge in [-0.05, 0) is 73.5 Å². The number of carbonyl (C=O) groups excluding carboxylic acids is 1. The Kier molecular flexibility index (Phi) is 7.37. The topological polar surface area (TPSA) is 84.5 Å². The van der Waals surface area contributed by atoms with Gasteiger partial charge in [0.05, 0.1) is 17.3 Å². The minimum atomic E-state index is -4.02. The van der Waals surface area contributed by atoms with Crippen LogP contribution in [0.25, 0.3) is 0 Å². The fourth-order valence-corrected chi connectivity index (χ4v) is 4.51. The van der Waals surface area contributed by atoms with Crippen LogP contribution in [0.4, 0.5) is 10.1 Å². The second-order valence-corrected chi connectivity index (χ2v) is 9.19. The molecule has 2 N–H and O–H groups in total. The number of halogens is 2. The van der Waals surface area contributed by atoms with E-state index in [1.54, 1.807) is 13.0 Å². The number of aryl methyl sites for hydroxylation is 2. The van der Waals surface area contributed by atoms with Gasteiger partial charge >= 0.3 is 0 Å². The molecule has 0 fully saturated rings. The van der Waals surface area contributed by atoms with E-state index in [1.165, 1.54) is 42.5 Å². The summed E-state index contributed by atoms with van der Waals surface area (Å²) in [6.07, 6.45) is 0. The first-order valence-corrected chi connectivity index (χ1v) is 11.6. The van der Waals surface area contributed by atoms with Gasteiger partial charge in [0, 0.05) is 5.56 Å². The summed E-state index contributed by atoms with van der Waals surface area (Å²) in [6, 6.07) is 15.0. The van der Waals surface area contributed by atoms with Gasteiger partial charge in [-0.1, -0.05) is 23.7 Å². The van der Waals surface area contributed by atoms with Gasteiger partial charge in [0.25, 0.3) is 15.9 Å². The Bertz CT molecular complexity index is 1230. The Morgan fingerprint density at radius 2 is 1.75 bits per heavy atom. The van der Waals surface area contributed by atoms with Crippen molar-refractivity contribution in [3.8, 4) is 5.75 Å². The van der Waals surface area contributed by atoms with Crippen LogP contribution in [0.3, 0.4) is 0 Å². The summed E-state index contributed by atoms with van der Waals surface area (Å²) in [6.45, 7) is 3.97. The van der Waals surface area contributed by atoms with E-state index in [-0.39, 0.29) is 34.5 Å². The molecule has 9 heteroatoms. The molecule has 0 saturated heterocycles. The third-order valence-corrected chi connectivity index (χ3v) is 6.44. The first-order valence-electron chi connectivity index (χ1n) is 9.72. The maximum absolute atomic E-state index is 12.9. The Morgan fingerprint density at radius 1 is 1.03 bits per heavy atom. The average Bonchev–Trinajstić information content (AvgIpc) is 2.75. The summed E-state index contributed by atoms with van der Waals surface area (Å²) >= 11 is 6.13. The predicted octanol–water partition coefficient (Wildman–Crippen LogP) is 4.71. The smallest absolute Gasteiger partial charge is 0.263 e. The molecule has 0 aliphatic rings. The van der Waals surface area contributed by atoms with Gasteiger partial charge in [-0.25, -0.2) is 12.8 Å². The first kappa shape index (κ1) is 23.6. The van der Waals surface area contributed by atoms with E-state index in [4.69, 9.17) is 16.3 Å². The van der Waals surface area contributed by atoms with Crippen LogP contribution in [0.15, 0.2) is 65.6 Å². The van der Waals surface area contributed by atoms with Crippen molar-refractivity contribution in [1.82, 2.24) is 5.32 Å². The fourth-order valence-electron chi connectivity index (χ4n) is 2.86. The molecule has 1 amide bonds. The van der Waals surface area contributed by atoms with E-state index in [0.29, 0.717) is 11.4 Å². The molecule has 0 bridgehead atoms. The zero-order valence-electron chi connectivity index (χ0n) is 17.5. The highest BCUT2D eigenvalue weighted by molar-refractivity contribution is 7.92. The number of carbonyl (C=O) groups is 1. The number of sulfonamides is 1. The molecular formula is C23H22ClFN2O4S. The lowest BCUT2D eigenvalue weighted by Gasteiger charge is -2.13. The molecule has 0 spiro atoms. The van der Waals surface area contributed by atoms with Crippen molar-refractivity contribution in [2.24, 2.45) is 0 Å². The minimum Gasteiger partial charge on any atom is -0.492 e. The second-order valence-electron chi connectivity index (χ2n) is 7.13. The molecule has 168 valence electrons. The number of nitrogens with one attached hydrogen (secondary N) is 2. The van der Waals surface area contributed by atoms with Gasteiger partial charge in [0.2, 0.25) is 0 Å². The predicted molar refractivity (Wildman–Crippen MR) is 122 cm³/mol. The molecular weight excluding hydrogens is 455 g/mol. The second kappa shape index (κ2) is 10.0. The maximum Gasteiger partial charge on any atom is 0.263 e. The van der Waals surface area contributed by atoms with E-state index in [0.717, 1.165) is 11.1 Å². The number of hydrogen-bond acceptors (Lipinski definition) is 4. The van der Waals surface area contributed by atoms with Crippen molar-refractivity contribution >= 4 is 33.2 Å². The Balaban J connectivity index is 1.68. The van der Waals surface area contributed by atoms with Crippen LogP contribution >= 0.6 is 11.6 Å². The van der Waals surface area contributed by atoms with Crippen molar-refractivity contribution in [1.29, 1.82) is 0 Å². The van der Waals surface area contributed by atoms with E-state index in [2.05, 4.69) is 10.0 Å². The van der Waals surface area contributed by atoms with Crippen molar-refractivity contribution in [3.05, 3.63) is 88.2 Å². The molecule has 0 heterocycles. The lowest BCUT2D eigenvalue weighted by molar-refractivity contribution is 0.0947. The van der Waals surface area contributed by atoms with Crippen LogP contribution < -0.4 is 14.8 Å². The maximum atomic E-state index is 12.9. The quantitative estimate of drug-likeness (QED) is 0.461. The lowest BCUT2D eigenvalue weighted by atomic mass is 10.1. The van der Waals surface area contributed by atoms with E-state index < -0.39 is 15.9 Å². The monoisotopic (exact) mass is 476 g/mol. The number of amides is 1. The molecule has 3 aromatic rings. The van der Waals surface area contributed by atoms with Gasteiger partial charge in [0.15, 0.2) is 0 Å². The van der Waals surface area contributed by atoms with Crippen molar-refractivity contribution in [3.63, 3.8) is 0 Å². The molecule has 32 heavy (non-hydrogen) atoms. The summed E-state index contributed by atoms with van der Waals surface area (Å²) in [7, 11) is -4.02. The van der Waals surface area contributed by atoms with Crippen molar-refractivity contribution in [2.75, 3.05) is 17.9 Å². The van der Waals surface area contributed by atoms with Crippen LogP contribution in [0, 0.1) is 19.7 Å². The number of benzene rings is 3. The van der Waals surface area contributed by atoms with Crippen LogP contribution in [0.1, 0.15) is 21.5 Å². The Hall–Kier alpha value is -3.10. The summed E-state index contributed by atoms with van der Waals surface area (Å²) in [5.74, 6) is -0.378. The highest BCUT2D eigenvalue weighted by Gasteiger charge is 2.21. The van der Waals surface area contributed by atoms with Gasteiger partial charge in [-0.3, -0.25) is 9.52 Å². The minimum absolute atomic E-state index is 0.000927. The van der Waals surface area contributed by atoms with E-state index in [9.17, 15) is 17.6 Å². The third kappa shape index (κ3) is 5.99. The molecule has 0 aliphatic carbocycles. The zero-order chi connectivity index (χ0) is 23.3. The standard InChI is InChI=1S/C23H22ClFN2O4S/c1-15-3-4-16(2)21(13-15)27-32(29,30)22-14-17(5-10-20(22)24)23(28)26-11-12-31-19-8-6-18(25)7-9-19/h3-10,13-14,27H,11-12H2,1-2H3,(H,26,28). The van der Waals surface area contributed by atoms with E-state index >= 15 is 0 Å². The van der Waals surface area contributed by atoms with Crippen molar-refractivity contribution < 1.29 is 22.3 Å². The molecule has 3 rings (SSSR count). The Morgan fingerprint density at radius 3 is 2.47 bits per heavy atom. The molecule has 0 unspecified atom stereocenters. The summed E-state index contributed by atoms with van der Waals surface area (Å²) in [4.78, 5) is 12.3. The molecule has 3 aromatic carbocycles. The number of rotatable bonds is 8. The SMILES string of the molecule is Cc1ccc(C)c(NS(=O)(=O)c2cc(C(=O)NCCOc3ccc(F)cc3)ccc2Cl)c1. The third-order valence-electron chi connectivity index (χ3n) is 4.59. The molecule has 0 saturated carbocycles. The summed E-state index contributed by atoms with van der Waals surface area (Å²) in [5, 5.41) is 2.65. The molecule has 0 aromatic heterocycles. The summed E-state index contributed by atoms with van der Waals surface area (Å²) in [5.41, 5.74) is 2.23. The molecule has 0 atom stereocenters. The number of hydrogen-bond donors (Lipinski definition) is 2. The number of anilines is 1. The average molecular weight is 477 g/mol. The highest BCUT2D eigenvalue weighted by Crippen LogP contribution is 2.27. The molecule has 6 nitrogen and oxygen atoms in total. The van der Waals surface area contributed by atoms with Crippen LogP contribution in [0.5, 0.6) is 5.75 Å². The molecule has 0 radical (unpaired) electrons. The lowest BCUT2D eigenvalue weighted by Crippen LogP contribution is -2.28. The fraction of sp³-hybridized carbons (Fsp3) is 0.174. The normalized spacial score (nSPS) is 11.1.